The Morgan fingerprint density at radius 1 is 1.53 bits per heavy atom. The van der Waals surface area contributed by atoms with E-state index < -0.39 is 12.1 Å². The molecule has 0 fully saturated rings. The predicted molar refractivity (Wildman–Crippen MR) is 66.6 cm³/mol. The fraction of sp³-hybridized carbons (Fsp3) is 0.300. The number of nitrogen functional groups attached to an aromatic ring is 1. The highest BCUT2D eigenvalue weighted by Gasteiger charge is 2.16. The van der Waals surface area contributed by atoms with Crippen molar-refractivity contribution in [2.45, 2.75) is 11.0 Å². The SMILES string of the molecule is Nc1cc(Cl)c(SCC(O)CO)c(C(=O)O)c1. The third-order valence-corrected chi connectivity index (χ3v) is 3.62. The van der Waals surface area contributed by atoms with Gasteiger partial charge in [-0.05, 0) is 12.1 Å². The number of aromatic carboxylic acids is 1. The molecule has 7 heteroatoms. The van der Waals surface area contributed by atoms with Crippen molar-refractivity contribution in [3.63, 3.8) is 0 Å². The molecule has 1 aromatic rings. The molecule has 5 N–H and O–H groups in total. The molecule has 1 rings (SSSR count). The third-order valence-electron chi connectivity index (χ3n) is 1.93. The summed E-state index contributed by atoms with van der Waals surface area (Å²) in [6.07, 6.45) is -0.921. The number of carboxylic acid groups (broad SMARTS) is 1. The van der Waals surface area contributed by atoms with Crippen LogP contribution in [0.1, 0.15) is 10.4 Å². The lowest BCUT2D eigenvalue weighted by Gasteiger charge is -2.11. The lowest BCUT2D eigenvalue weighted by atomic mass is 10.2. The van der Waals surface area contributed by atoms with E-state index >= 15 is 0 Å². The van der Waals surface area contributed by atoms with Gasteiger partial charge in [-0.15, -0.1) is 11.8 Å². The van der Waals surface area contributed by atoms with Crippen LogP contribution in [-0.2, 0) is 0 Å². The minimum atomic E-state index is -1.14. The highest BCUT2D eigenvalue weighted by Crippen LogP contribution is 2.33. The van der Waals surface area contributed by atoms with E-state index in [1.54, 1.807) is 0 Å². The number of aliphatic hydroxyl groups excluding tert-OH is 2. The van der Waals surface area contributed by atoms with E-state index in [1.807, 2.05) is 0 Å². The van der Waals surface area contributed by atoms with Gasteiger partial charge in [0.15, 0.2) is 0 Å². The molecule has 1 unspecified atom stereocenters. The minimum Gasteiger partial charge on any atom is -0.478 e. The highest BCUT2D eigenvalue weighted by molar-refractivity contribution is 7.99. The van der Waals surface area contributed by atoms with E-state index in [1.165, 1.54) is 12.1 Å². The first-order chi connectivity index (χ1) is 7.95. The summed E-state index contributed by atoms with van der Waals surface area (Å²) in [4.78, 5) is 11.3. The molecule has 0 radical (unpaired) electrons. The van der Waals surface area contributed by atoms with Crippen molar-refractivity contribution >= 4 is 35.0 Å². The Labute approximate surface area is 107 Å². The second-order valence-corrected chi connectivity index (χ2v) is 4.77. The summed E-state index contributed by atoms with van der Waals surface area (Å²) in [7, 11) is 0. The van der Waals surface area contributed by atoms with Gasteiger partial charge in [0.25, 0.3) is 0 Å². The van der Waals surface area contributed by atoms with Crippen molar-refractivity contribution in [3.05, 3.63) is 22.7 Å². The van der Waals surface area contributed by atoms with Crippen molar-refractivity contribution in [3.8, 4) is 0 Å². The van der Waals surface area contributed by atoms with Crippen molar-refractivity contribution in [1.82, 2.24) is 0 Å². The number of halogens is 1. The first kappa shape index (κ1) is 14.1. The van der Waals surface area contributed by atoms with Gasteiger partial charge < -0.3 is 21.1 Å². The maximum absolute atomic E-state index is 11.0. The number of carboxylic acids is 1. The zero-order valence-electron chi connectivity index (χ0n) is 8.76. The quantitative estimate of drug-likeness (QED) is 0.474. The highest BCUT2D eigenvalue weighted by atomic mass is 35.5. The van der Waals surface area contributed by atoms with Gasteiger partial charge in [-0.25, -0.2) is 4.79 Å². The summed E-state index contributed by atoms with van der Waals surface area (Å²) in [5.41, 5.74) is 5.76. The van der Waals surface area contributed by atoms with Crippen molar-refractivity contribution in [1.29, 1.82) is 0 Å². The normalized spacial score (nSPS) is 12.4. The molecule has 0 saturated heterocycles. The molecule has 0 aliphatic carbocycles. The van der Waals surface area contributed by atoms with E-state index in [9.17, 15) is 9.90 Å². The number of carbonyl (C=O) groups is 1. The van der Waals surface area contributed by atoms with Gasteiger partial charge in [-0.2, -0.15) is 0 Å². The number of benzene rings is 1. The van der Waals surface area contributed by atoms with Crippen LogP contribution in [0.3, 0.4) is 0 Å². The maximum atomic E-state index is 11.0. The molecule has 0 aliphatic rings. The Morgan fingerprint density at radius 2 is 2.18 bits per heavy atom. The van der Waals surface area contributed by atoms with E-state index in [-0.39, 0.29) is 28.6 Å². The summed E-state index contributed by atoms with van der Waals surface area (Å²) >= 11 is 6.96. The average molecular weight is 278 g/mol. The molecule has 0 saturated carbocycles. The molecule has 0 aromatic heterocycles. The Hall–Kier alpha value is -0.950. The molecule has 0 amide bonds. The van der Waals surface area contributed by atoms with E-state index in [0.29, 0.717) is 4.90 Å². The van der Waals surface area contributed by atoms with Crippen LogP contribution in [-0.4, -0.2) is 39.8 Å². The molecule has 0 bridgehead atoms. The molecule has 0 spiro atoms. The smallest absolute Gasteiger partial charge is 0.336 e. The van der Waals surface area contributed by atoms with Gasteiger partial charge in [0.1, 0.15) is 0 Å². The number of aliphatic hydroxyl groups is 2. The first-order valence-electron chi connectivity index (χ1n) is 4.69. The number of hydrogen-bond donors (Lipinski definition) is 4. The van der Waals surface area contributed by atoms with Crippen LogP contribution in [0.2, 0.25) is 5.02 Å². The van der Waals surface area contributed by atoms with Gasteiger partial charge in [-0.1, -0.05) is 11.6 Å². The summed E-state index contributed by atoms with van der Waals surface area (Å²) in [5.74, 6) is -0.986. The molecular formula is C10H12ClNO4S. The predicted octanol–water partition coefficient (Wildman–Crippen LogP) is 1.07. The Morgan fingerprint density at radius 3 is 2.71 bits per heavy atom. The molecule has 1 aromatic carbocycles. The molecule has 0 heterocycles. The van der Waals surface area contributed by atoms with Crippen LogP contribution in [0.25, 0.3) is 0 Å². The fourth-order valence-corrected chi connectivity index (χ4v) is 2.51. The van der Waals surface area contributed by atoms with E-state index in [0.717, 1.165) is 11.8 Å². The van der Waals surface area contributed by atoms with Crippen LogP contribution < -0.4 is 5.73 Å². The van der Waals surface area contributed by atoms with Crippen LogP contribution in [0.4, 0.5) is 5.69 Å². The first-order valence-corrected chi connectivity index (χ1v) is 6.06. The van der Waals surface area contributed by atoms with Crippen LogP contribution >= 0.6 is 23.4 Å². The molecule has 94 valence electrons. The number of rotatable bonds is 5. The van der Waals surface area contributed by atoms with Gasteiger partial charge in [0.2, 0.25) is 0 Å². The molecule has 1 atom stereocenters. The molecular weight excluding hydrogens is 266 g/mol. The van der Waals surface area contributed by atoms with Crippen molar-refractivity contribution in [2.24, 2.45) is 0 Å². The summed E-state index contributed by atoms with van der Waals surface area (Å²) < 4.78 is 0. The zero-order valence-corrected chi connectivity index (χ0v) is 10.3. The molecule has 5 nitrogen and oxygen atoms in total. The largest absolute Gasteiger partial charge is 0.478 e. The summed E-state index contributed by atoms with van der Waals surface area (Å²) in [5, 5.41) is 27.1. The Kier molecular flexibility index (Phi) is 5.07. The van der Waals surface area contributed by atoms with Crippen molar-refractivity contribution < 1.29 is 20.1 Å². The van der Waals surface area contributed by atoms with Gasteiger partial charge in [0.05, 0.1) is 23.3 Å². The second-order valence-electron chi connectivity index (χ2n) is 3.33. The van der Waals surface area contributed by atoms with E-state index in [4.69, 9.17) is 27.5 Å². The van der Waals surface area contributed by atoms with E-state index in [2.05, 4.69) is 0 Å². The maximum Gasteiger partial charge on any atom is 0.336 e. The minimum absolute atomic E-state index is 0.00913. The fourth-order valence-electron chi connectivity index (χ4n) is 1.15. The lowest BCUT2D eigenvalue weighted by molar-refractivity contribution is 0.0693. The summed E-state index contributed by atoms with van der Waals surface area (Å²) in [6, 6.07) is 2.75. The average Bonchev–Trinajstić information content (AvgIpc) is 2.26. The van der Waals surface area contributed by atoms with Gasteiger partial charge in [0, 0.05) is 16.3 Å². The molecule has 0 aliphatic heterocycles. The Bertz CT molecular complexity index is 427. The lowest BCUT2D eigenvalue weighted by Crippen LogP contribution is -2.15. The van der Waals surface area contributed by atoms with Crippen LogP contribution in [0.15, 0.2) is 17.0 Å². The molecule has 17 heavy (non-hydrogen) atoms. The third kappa shape index (κ3) is 3.78. The van der Waals surface area contributed by atoms with Gasteiger partial charge in [-0.3, -0.25) is 0 Å². The number of anilines is 1. The zero-order chi connectivity index (χ0) is 13.0. The Balaban J connectivity index is 3.00. The summed E-state index contributed by atoms with van der Waals surface area (Å²) in [6.45, 7) is -0.387. The van der Waals surface area contributed by atoms with Crippen molar-refractivity contribution in [2.75, 3.05) is 18.1 Å². The second kappa shape index (κ2) is 6.11. The van der Waals surface area contributed by atoms with Crippen LogP contribution in [0.5, 0.6) is 0 Å². The standard InChI is InChI=1S/C10H12ClNO4S/c11-8-2-5(12)1-7(10(15)16)9(8)17-4-6(14)3-13/h1-2,6,13-14H,3-4,12H2,(H,15,16). The number of nitrogens with two attached hydrogens (primary N) is 1. The monoisotopic (exact) mass is 277 g/mol. The number of thioether (sulfide) groups is 1. The topological polar surface area (TPSA) is 104 Å². The number of hydrogen-bond acceptors (Lipinski definition) is 5. The van der Waals surface area contributed by atoms with Crippen LogP contribution in [0, 0.1) is 0 Å². The van der Waals surface area contributed by atoms with Gasteiger partial charge >= 0.3 is 5.97 Å².